The number of ether oxygens (including phenoxy) is 1. The summed E-state index contributed by atoms with van der Waals surface area (Å²) in [6.45, 7) is 2.21. The second kappa shape index (κ2) is 6.69. The molecule has 1 aromatic heterocycles. The van der Waals surface area contributed by atoms with Gasteiger partial charge in [0.05, 0.1) is 28.9 Å². The standard InChI is InChI=1S/C12H12ClN7O/c1-2-21-12-18-10(17-11(19-12)20-15)16-9-5-7(6-14)3-4-8(9)13/h3-5H,2,15H2,1H3,(H2,16,17,18,19,20). The summed E-state index contributed by atoms with van der Waals surface area (Å²) in [6, 6.07) is 6.95. The molecular formula is C12H12ClN7O. The number of halogens is 1. The van der Waals surface area contributed by atoms with Gasteiger partial charge in [-0.2, -0.15) is 20.2 Å². The Morgan fingerprint density at radius 3 is 2.76 bits per heavy atom. The number of hydrogen-bond donors (Lipinski definition) is 3. The number of nitrogens with two attached hydrogens (primary N) is 1. The highest BCUT2D eigenvalue weighted by Gasteiger charge is 2.09. The van der Waals surface area contributed by atoms with Crippen LogP contribution in [-0.4, -0.2) is 21.6 Å². The first kappa shape index (κ1) is 14.8. The van der Waals surface area contributed by atoms with E-state index in [1.54, 1.807) is 25.1 Å². The first-order chi connectivity index (χ1) is 10.2. The van der Waals surface area contributed by atoms with E-state index in [-0.39, 0.29) is 17.9 Å². The van der Waals surface area contributed by atoms with Crippen molar-refractivity contribution >= 4 is 29.2 Å². The van der Waals surface area contributed by atoms with E-state index in [1.165, 1.54) is 0 Å². The number of benzene rings is 1. The molecule has 0 unspecified atom stereocenters. The van der Waals surface area contributed by atoms with E-state index in [4.69, 9.17) is 27.4 Å². The highest BCUT2D eigenvalue weighted by molar-refractivity contribution is 6.33. The first-order valence-corrected chi connectivity index (χ1v) is 6.36. The van der Waals surface area contributed by atoms with Crippen molar-refractivity contribution in [1.29, 1.82) is 5.26 Å². The van der Waals surface area contributed by atoms with Crippen LogP contribution in [0, 0.1) is 11.3 Å². The number of aromatic nitrogens is 3. The summed E-state index contributed by atoms with van der Waals surface area (Å²) < 4.78 is 5.22. The van der Waals surface area contributed by atoms with Crippen LogP contribution in [0.4, 0.5) is 17.6 Å². The predicted octanol–water partition coefficient (Wildman–Crippen LogP) is 1.82. The molecule has 0 amide bonds. The topological polar surface area (TPSA) is 122 Å². The molecule has 2 rings (SSSR count). The van der Waals surface area contributed by atoms with Crippen molar-refractivity contribution in [2.75, 3.05) is 17.3 Å². The average molecular weight is 306 g/mol. The van der Waals surface area contributed by atoms with Gasteiger partial charge in [-0.1, -0.05) is 11.6 Å². The predicted molar refractivity (Wildman–Crippen MR) is 78.3 cm³/mol. The zero-order valence-electron chi connectivity index (χ0n) is 11.1. The van der Waals surface area contributed by atoms with Crippen molar-refractivity contribution in [2.45, 2.75) is 6.92 Å². The van der Waals surface area contributed by atoms with Gasteiger partial charge in [-0.15, -0.1) is 0 Å². The molecule has 21 heavy (non-hydrogen) atoms. The Morgan fingerprint density at radius 2 is 2.10 bits per heavy atom. The van der Waals surface area contributed by atoms with Crippen LogP contribution in [0.3, 0.4) is 0 Å². The SMILES string of the molecule is CCOc1nc(NN)nc(Nc2cc(C#N)ccc2Cl)n1. The molecule has 8 nitrogen and oxygen atoms in total. The van der Waals surface area contributed by atoms with Gasteiger partial charge in [0.15, 0.2) is 0 Å². The fourth-order valence-corrected chi connectivity index (χ4v) is 1.65. The molecular weight excluding hydrogens is 294 g/mol. The second-order valence-corrected chi connectivity index (χ2v) is 4.18. The number of hydrazine groups is 1. The molecule has 0 bridgehead atoms. The van der Waals surface area contributed by atoms with Crippen molar-refractivity contribution in [3.63, 3.8) is 0 Å². The minimum atomic E-state index is 0.121. The van der Waals surface area contributed by atoms with Gasteiger partial charge in [0, 0.05) is 0 Å². The molecule has 4 N–H and O–H groups in total. The molecule has 0 saturated carbocycles. The number of nitriles is 1. The Bertz CT molecular complexity index is 686. The zero-order chi connectivity index (χ0) is 15.2. The summed E-state index contributed by atoms with van der Waals surface area (Å²) in [5.74, 6) is 5.63. The lowest BCUT2D eigenvalue weighted by Gasteiger charge is -2.09. The van der Waals surface area contributed by atoms with Crippen LogP contribution in [0.2, 0.25) is 5.02 Å². The molecule has 0 saturated heterocycles. The maximum atomic E-state index is 8.91. The van der Waals surface area contributed by atoms with E-state index in [1.807, 2.05) is 6.07 Å². The van der Waals surface area contributed by atoms with Gasteiger partial charge in [0.25, 0.3) is 0 Å². The lowest BCUT2D eigenvalue weighted by atomic mass is 10.2. The van der Waals surface area contributed by atoms with E-state index in [2.05, 4.69) is 25.7 Å². The average Bonchev–Trinajstić information content (AvgIpc) is 2.49. The zero-order valence-corrected chi connectivity index (χ0v) is 11.8. The van der Waals surface area contributed by atoms with Crippen molar-refractivity contribution in [2.24, 2.45) is 5.84 Å². The van der Waals surface area contributed by atoms with Crippen LogP contribution in [0.25, 0.3) is 0 Å². The quantitative estimate of drug-likeness (QED) is 0.565. The molecule has 108 valence electrons. The Morgan fingerprint density at radius 1 is 1.33 bits per heavy atom. The maximum absolute atomic E-state index is 8.91. The van der Waals surface area contributed by atoms with E-state index in [0.717, 1.165) is 0 Å². The van der Waals surface area contributed by atoms with Crippen LogP contribution in [0.5, 0.6) is 6.01 Å². The fourth-order valence-electron chi connectivity index (χ4n) is 1.48. The van der Waals surface area contributed by atoms with Crippen LogP contribution in [0.15, 0.2) is 18.2 Å². The molecule has 0 fully saturated rings. The maximum Gasteiger partial charge on any atom is 0.323 e. The van der Waals surface area contributed by atoms with Crippen LogP contribution in [-0.2, 0) is 0 Å². The van der Waals surface area contributed by atoms with E-state index < -0.39 is 0 Å². The summed E-state index contributed by atoms with van der Waals surface area (Å²) >= 11 is 6.06. The number of nitrogens with one attached hydrogen (secondary N) is 2. The Kier molecular flexibility index (Phi) is 4.71. The molecule has 0 aliphatic rings. The number of rotatable bonds is 5. The largest absolute Gasteiger partial charge is 0.464 e. The normalized spacial score (nSPS) is 9.81. The lowest BCUT2D eigenvalue weighted by molar-refractivity contribution is 0.312. The van der Waals surface area contributed by atoms with Gasteiger partial charge in [-0.05, 0) is 25.1 Å². The molecule has 9 heteroatoms. The molecule has 1 aromatic carbocycles. The lowest BCUT2D eigenvalue weighted by Crippen LogP contribution is -2.13. The summed E-state index contributed by atoms with van der Waals surface area (Å²) in [4.78, 5) is 12.0. The third-order valence-corrected chi connectivity index (χ3v) is 2.69. The van der Waals surface area contributed by atoms with E-state index >= 15 is 0 Å². The van der Waals surface area contributed by atoms with Crippen molar-refractivity contribution in [1.82, 2.24) is 15.0 Å². The minimum Gasteiger partial charge on any atom is -0.464 e. The molecule has 0 spiro atoms. The summed E-state index contributed by atoms with van der Waals surface area (Å²) in [5.41, 5.74) is 3.27. The molecule has 0 radical (unpaired) electrons. The van der Waals surface area contributed by atoms with Gasteiger partial charge in [-0.3, -0.25) is 5.43 Å². The highest BCUT2D eigenvalue weighted by atomic mass is 35.5. The van der Waals surface area contributed by atoms with Gasteiger partial charge in [-0.25, -0.2) is 5.84 Å². The van der Waals surface area contributed by atoms with Crippen LogP contribution >= 0.6 is 11.6 Å². The molecule has 1 heterocycles. The van der Waals surface area contributed by atoms with Crippen LogP contribution < -0.4 is 21.3 Å². The van der Waals surface area contributed by atoms with E-state index in [0.29, 0.717) is 22.9 Å². The van der Waals surface area contributed by atoms with E-state index in [9.17, 15) is 0 Å². The summed E-state index contributed by atoms with van der Waals surface area (Å²) in [6.07, 6.45) is 0. The monoisotopic (exact) mass is 305 g/mol. The van der Waals surface area contributed by atoms with Gasteiger partial charge < -0.3 is 10.1 Å². The molecule has 0 aliphatic carbocycles. The van der Waals surface area contributed by atoms with Gasteiger partial charge in [0.2, 0.25) is 11.9 Å². The Hall–Kier alpha value is -2.63. The minimum absolute atomic E-state index is 0.121. The molecule has 2 aromatic rings. The first-order valence-electron chi connectivity index (χ1n) is 5.98. The van der Waals surface area contributed by atoms with Crippen molar-refractivity contribution in [3.05, 3.63) is 28.8 Å². The van der Waals surface area contributed by atoms with Crippen LogP contribution in [0.1, 0.15) is 12.5 Å². The van der Waals surface area contributed by atoms with Gasteiger partial charge >= 0.3 is 6.01 Å². The number of nitrogen functional groups attached to an aromatic ring is 1. The highest BCUT2D eigenvalue weighted by Crippen LogP contribution is 2.25. The van der Waals surface area contributed by atoms with Crippen molar-refractivity contribution < 1.29 is 4.74 Å². The second-order valence-electron chi connectivity index (χ2n) is 3.77. The fraction of sp³-hybridized carbons (Fsp3) is 0.167. The third-order valence-electron chi connectivity index (χ3n) is 2.36. The molecule has 0 aliphatic heterocycles. The Balaban J connectivity index is 2.34. The smallest absolute Gasteiger partial charge is 0.323 e. The number of hydrogen-bond acceptors (Lipinski definition) is 8. The number of nitrogens with zero attached hydrogens (tertiary/aromatic N) is 4. The Labute approximate surface area is 125 Å². The number of anilines is 3. The molecule has 0 atom stereocenters. The third kappa shape index (κ3) is 3.68. The van der Waals surface area contributed by atoms with Crippen molar-refractivity contribution in [3.8, 4) is 12.1 Å². The summed E-state index contributed by atoms with van der Waals surface area (Å²) in [5, 5.41) is 12.2. The van der Waals surface area contributed by atoms with Gasteiger partial charge in [0.1, 0.15) is 0 Å². The summed E-state index contributed by atoms with van der Waals surface area (Å²) in [7, 11) is 0.